The summed E-state index contributed by atoms with van der Waals surface area (Å²) in [5, 5.41) is 17.3. The number of methoxy groups -OCH3 is 1. The number of benzene rings is 1. The topological polar surface area (TPSA) is 150 Å². The third-order valence-electron chi connectivity index (χ3n) is 5.37. The molecule has 11 heteroatoms. The Morgan fingerprint density at radius 1 is 1.09 bits per heavy atom. The maximum Gasteiger partial charge on any atom is 0.336 e. The first kappa shape index (κ1) is 25.1. The molecule has 2 N–H and O–H groups in total. The average molecular weight is 480 g/mol. The van der Waals surface area contributed by atoms with E-state index >= 15 is 0 Å². The van der Waals surface area contributed by atoms with Gasteiger partial charge >= 0.3 is 11.9 Å². The van der Waals surface area contributed by atoms with E-state index in [4.69, 9.17) is 9.47 Å². The number of esters is 2. The molecule has 1 amide bonds. The molecule has 1 aliphatic heterocycles. The molecular formula is C24H24N4O7. The number of nitro benzene ring substituents is 1. The molecule has 2 aromatic rings. The zero-order valence-corrected chi connectivity index (χ0v) is 19.4. The lowest BCUT2D eigenvalue weighted by Gasteiger charge is -2.30. The third-order valence-corrected chi connectivity index (χ3v) is 5.37. The van der Waals surface area contributed by atoms with Gasteiger partial charge in [0, 0.05) is 35.4 Å². The molecule has 1 aromatic carbocycles. The number of nitro groups is 1. The van der Waals surface area contributed by atoms with Crippen molar-refractivity contribution < 1.29 is 28.8 Å². The summed E-state index contributed by atoms with van der Waals surface area (Å²) in [7, 11) is 1.19. The van der Waals surface area contributed by atoms with Crippen LogP contribution in [0.1, 0.15) is 35.7 Å². The van der Waals surface area contributed by atoms with Gasteiger partial charge in [-0.3, -0.25) is 19.9 Å². The number of carbonyl (C=O) groups is 3. The van der Waals surface area contributed by atoms with Gasteiger partial charge in [0.1, 0.15) is 6.61 Å². The number of ether oxygens (including phenoxy) is 2. The molecule has 0 unspecified atom stereocenters. The van der Waals surface area contributed by atoms with E-state index < -0.39 is 22.8 Å². The van der Waals surface area contributed by atoms with Crippen LogP contribution in [0.25, 0.3) is 0 Å². The van der Waals surface area contributed by atoms with Crippen LogP contribution >= 0.6 is 0 Å². The molecule has 11 nitrogen and oxygen atoms in total. The molecule has 2 heterocycles. The quantitative estimate of drug-likeness (QED) is 0.251. The number of hydrogen-bond acceptors (Lipinski definition) is 9. The smallest absolute Gasteiger partial charge is 0.336 e. The Labute approximate surface area is 201 Å². The Bertz CT molecular complexity index is 1220. The first-order valence-electron chi connectivity index (χ1n) is 10.6. The van der Waals surface area contributed by atoms with Crippen LogP contribution in [0.2, 0.25) is 0 Å². The maximum atomic E-state index is 13.2. The second kappa shape index (κ2) is 11.1. The van der Waals surface area contributed by atoms with Gasteiger partial charge in [0.2, 0.25) is 0 Å². The van der Waals surface area contributed by atoms with Crippen LogP contribution < -0.4 is 10.6 Å². The van der Waals surface area contributed by atoms with Gasteiger partial charge in [0.05, 0.1) is 41.2 Å². The summed E-state index contributed by atoms with van der Waals surface area (Å²) in [6.45, 7) is 3.09. The van der Waals surface area contributed by atoms with Crippen molar-refractivity contribution in [1.82, 2.24) is 15.6 Å². The van der Waals surface area contributed by atoms with Crippen LogP contribution in [0, 0.1) is 10.1 Å². The van der Waals surface area contributed by atoms with Crippen molar-refractivity contribution >= 4 is 23.5 Å². The summed E-state index contributed by atoms with van der Waals surface area (Å²) >= 11 is 0. The van der Waals surface area contributed by atoms with Gasteiger partial charge in [-0.25, -0.2) is 9.59 Å². The van der Waals surface area contributed by atoms with E-state index in [1.165, 1.54) is 31.5 Å². The number of allylic oxidation sites excluding steroid dienone is 2. The van der Waals surface area contributed by atoms with Gasteiger partial charge in [0.25, 0.3) is 11.6 Å². The minimum Gasteiger partial charge on any atom is -0.466 e. The van der Waals surface area contributed by atoms with Crippen LogP contribution in [0.4, 0.5) is 5.69 Å². The number of rotatable bonds is 8. The largest absolute Gasteiger partial charge is 0.466 e. The summed E-state index contributed by atoms with van der Waals surface area (Å²) < 4.78 is 10.3. The van der Waals surface area contributed by atoms with Crippen LogP contribution in [0.15, 0.2) is 71.3 Å². The highest BCUT2D eigenvalue weighted by Crippen LogP contribution is 2.42. The number of nitrogens with one attached hydrogen (secondary N) is 2. The highest BCUT2D eigenvalue weighted by molar-refractivity contribution is 6.00. The molecule has 0 saturated heterocycles. The molecule has 1 aromatic heterocycles. The number of aromatic nitrogens is 1. The van der Waals surface area contributed by atoms with Crippen molar-refractivity contribution in [3.05, 3.63) is 92.6 Å². The Morgan fingerprint density at radius 3 is 2.40 bits per heavy atom. The summed E-state index contributed by atoms with van der Waals surface area (Å²) in [5.74, 6) is -3.00. The second-order valence-electron chi connectivity index (χ2n) is 7.58. The van der Waals surface area contributed by atoms with E-state index in [9.17, 15) is 24.5 Å². The van der Waals surface area contributed by atoms with Crippen molar-refractivity contribution in [3.63, 3.8) is 0 Å². The van der Waals surface area contributed by atoms with Crippen molar-refractivity contribution in [3.8, 4) is 0 Å². The van der Waals surface area contributed by atoms with E-state index in [0.29, 0.717) is 17.0 Å². The molecule has 182 valence electrons. The zero-order chi connectivity index (χ0) is 25.5. The number of hydrogen-bond donors (Lipinski definition) is 2. The molecule has 1 aliphatic rings. The van der Waals surface area contributed by atoms with Gasteiger partial charge in [-0.1, -0.05) is 18.2 Å². The SMILES string of the molecule is COC(=O)C1=C(C)NC(C)=C(C(=O)OCCNC(=O)c2cccnc2)[C@@H]1c1ccccc1[N+](=O)[O-]. The van der Waals surface area contributed by atoms with E-state index in [2.05, 4.69) is 15.6 Å². The number of nitrogens with zero attached hydrogens (tertiary/aromatic N) is 2. The molecule has 0 fully saturated rings. The minimum absolute atomic E-state index is 0.0219. The summed E-state index contributed by atoms with van der Waals surface area (Å²) in [4.78, 5) is 53.0. The fraction of sp³-hybridized carbons (Fsp3) is 0.250. The van der Waals surface area contributed by atoms with Gasteiger partial charge in [-0.2, -0.15) is 0 Å². The van der Waals surface area contributed by atoms with Gasteiger partial charge in [-0.05, 0) is 26.0 Å². The number of pyridine rings is 1. The fourth-order valence-electron chi connectivity index (χ4n) is 3.84. The average Bonchev–Trinajstić information content (AvgIpc) is 2.85. The van der Waals surface area contributed by atoms with Gasteiger partial charge in [-0.15, -0.1) is 0 Å². The van der Waals surface area contributed by atoms with Crippen molar-refractivity contribution in [2.75, 3.05) is 20.3 Å². The molecule has 1 atom stereocenters. The monoisotopic (exact) mass is 480 g/mol. The van der Waals surface area contributed by atoms with E-state index in [1.54, 1.807) is 38.2 Å². The number of amides is 1. The lowest BCUT2D eigenvalue weighted by Crippen LogP contribution is -2.33. The predicted octanol–water partition coefficient (Wildman–Crippen LogP) is 2.37. The summed E-state index contributed by atoms with van der Waals surface area (Å²) in [6, 6.07) is 9.08. The summed E-state index contributed by atoms with van der Waals surface area (Å²) in [5.41, 5.74) is 1.12. The molecular weight excluding hydrogens is 456 g/mol. The Hall–Kier alpha value is -4.54. The third kappa shape index (κ3) is 5.52. The fourth-order valence-corrected chi connectivity index (χ4v) is 3.84. The summed E-state index contributed by atoms with van der Waals surface area (Å²) in [6.07, 6.45) is 2.95. The lowest BCUT2D eigenvalue weighted by atomic mass is 9.79. The highest BCUT2D eigenvalue weighted by atomic mass is 16.6. The van der Waals surface area contributed by atoms with Crippen LogP contribution in [-0.2, 0) is 19.1 Å². The van der Waals surface area contributed by atoms with Crippen molar-refractivity contribution in [1.29, 1.82) is 0 Å². The predicted molar refractivity (Wildman–Crippen MR) is 124 cm³/mol. The first-order chi connectivity index (χ1) is 16.8. The standard InChI is InChI=1S/C24H24N4O7/c1-14-19(23(30)34-3)21(17-8-4-5-9-18(17)28(32)33)20(15(2)27-14)24(31)35-12-11-26-22(29)16-7-6-10-25-13-16/h4-10,13,21,27H,11-12H2,1-3H3,(H,26,29)/t21-/m1/s1. The Kier molecular flexibility index (Phi) is 7.92. The zero-order valence-electron chi connectivity index (χ0n) is 19.4. The number of para-hydroxylation sites is 1. The first-order valence-corrected chi connectivity index (χ1v) is 10.6. The maximum absolute atomic E-state index is 13.2. The van der Waals surface area contributed by atoms with E-state index in [0.717, 1.165) is 0 Å². The number of dihydropyridines is 1. The van der Waals surface area contributed by atoms with E-state index in [-0.39, 0.29) is 41.5 Å². The highest BCUT2D eigenvalue weighted by Gasteiger charge is 2.40. The molecule has 0 spiro atoms. The molecule has 35 heavy (non-hydrogen) atoms. The number of carbonyl (C=O) groups excluding carboxylic acids is 3. The lowest BCUT2D eigenvalue weighted by molar-refractivity contribution is -0.385. The molecule has 0 radical (unpaired) electrons. The van der Waals surface area contributed by atoms with Crippen molar-refractivity contribution in [2.24, 2.45) is 0 Å². The Balaban J connectivity index is 1.86. The van der Waals surface area contributed by atoms with Crippen LogP contribution in [-0.4, -0.2) is 48.0 Å². The van der Waals surface area contributed by atoms with Crippen LogP contribution in [0.5, 0.6) is 0 Å². The van der Waals surface area contributed by atoms with Gasteiger partial charge < -0.3 is 20.1 Å². The van der Waals surface area contributed by atoms with E-state index in [1.807, 2.05) is 0 Å². The molecule has 0 bridgehead atoms. The second-order valence-corrected chi connectivity index (χ2v) is 7.58. The van der Waals surface area contributed by atoms with Crippen molar-refractivity contribution in [2.45, 2.75) is 19.8 Å². The minimum atomic E-state index is -1.09. The molecule has 0 saturated carbocycles. The van der Waals surface area contributed by atoms with Gasteiger partial charge in [0.15, 0.2) is 0 Å². The molecule has 0 aliphatic carbocycles. The van der Waals surface area contributed by atoms with Crippen LogP contribution in [0.3, 0.4) is 0 Å². The normalized spacial score (nSPS) is 15.2. The molecule has 3 rings (SSSR count). The Morgan fingerprint density at radius 2 is 1.77 bits per heavy atom.